The molecule has 2 heterocycles. The van der Waals surface area contributed by atoms with Gasteiger partial charge in [-0.1, -0.05) is 18.1 Å². The fourth-order valence-electron chi connectivity index (χ4n) is 4.01. The Bertz CT molecular complexity index is 1020. The fraction of sp³-hybridized carbons (Fsp3) is 0.542. The van der Waals surface area contributed by atoms with E-state index in [2.05, 4.69) is 10.5 Å². The lowest BCUT2D eigenvalue weighted by atomic mass is 9.99. The largest absolute Gasteiger partial charge is 0.485 e. The Morgan fingerprint density at radius 1 is 1.32 bits per heavy atom. The summed E-state index contributed by atoms with van der Waals surface area (Å²) in [5, 5.41) is 16.5. The summed E-state index contributed by atoms with van der Waals surface area (Å²) in [6, 6.07) is 4.78. The lowest BCUT2D eigenvalue weighted by molar-refractivity contribution is 0.0372. The third-order valence-electron chi connectivity index (χ3n) is 6.22. The predicted molar refractivity (Wildman–Crippen MR) is 130 cm³/mol. The van der Waals surface area contributed by atoms with E-state index in [4.69, 9.17) is 9.26 Å². The quantitative estimate of drug-likeness (QED) is 0.664. The highest BCUT2D eigenvalue weighted by atomic mass is 16.5. The van der Waals surface area contributed by atoms with Crippen LogP contribution in [0.2, 0.25) is 0 Å². The van der Waals surface area contributed by atoms with Crippen LogP contribution in [0.5, 0.6) is 5.75 Å². The SMILES string of the molecule is Cc1noc(C)c1NC(=O)N(C)C[C@@H]1Oc2c(cccc2N(C)C)C(=O)N([C@H](C)CO)C[C@H]1C. The monoisotopic (exact) mass is 473 g/mol. The van der Waals surface area contributed by atoms with E-state index in [9.17, 15) is 14.7 Å². The zero-order chi connectivity index (χ0) is 25.2. The van der Waals surface area contributed by atoms with Crippen LogP contribution in [0.1, 0.15) is 35.7 Å². The highest BCUT2D eigenvalue weighted by Gasteiger charge is 2.35. The van der Waals surface area contributed by atoms with E-state index in [0.717, 1.165) is 5.69 Å². The van der Waals surface area contributed by atoms with Crippen LogP contribution in [0.4, 0.5) is 16.2 Å². The van der Waals surface area contributed by atoms with Crippen molar-refractivity contribution in [2.24, 2.45) is 5.92 Å². The number of nitrogens with one attached hydrogen (secondary N) is 1. The second-order valence-corrected chi connectivity index (χ2v) is 9.18. The second-order valence-electron chi connectivity index (χ2n) is 9.18. The molecule has 3 amide bonds. The summed E-state index contributed by atoms with van der Waals surface area (Å²) in [5.74, 6) is 0.709. The number of nitrogens with zero attached hydrogens (tertiary/aromatic N) is 4. The highest BCUT2D eigenvalue weighted by molar-refractivity contribution is 5.99. The molecule has 0 aliphatic carbocycles. The number of aryl methyl sites for hydroxylation is 2. The molecule has 0 bridgehead atoms. The van der Waals surface area contributed by atoms with E-state index in [1.165, 1.54) is 0 Å². The molecule has 1 aliphatic heterocycles. The van der Waals surface area contributed by atoms with Crippen molar-refractivity contribution in [3.8, 4) is 5.75 Å². The van der Waals surface area contributed by atoms with E-state index >= 15 is 0 Å². The second kappa shape index (κ2) is 10.3. The summed E-state index contributed by atoms with van der Waals surface area (Å²) in [5.41, 5.74) is 2.36. The van der Waals surface area contributed by atoms with Crippen LogP contribution in [-0.2, 0) is 0 Å². The van der Waals surface area contributed by atoms with Crippen molar-refractivity contribution >= 4 is 23.3 Å². The minimum absolute atomic E-state index is 0.115. The molecular formula is C24H35N5O5. The van der Waals surface area contributed by atoms with Crippen LogP contribution < -0.4 is 15.0 Å². The summed E-state index contributed by atoms with van der Waals surface area (Å²) < 4.78 is 11.6. The van der Waals surface area contributed by atoms with Crippen molar-refractivity contribution in [2.45, 2.75) is 39.8 Å². The molecule has 2 aromatic rings. The van der Waals surface area contributed by atoms with Crippen LogP contribution >= 0.6 is 0 Å². The number of aliphatic hydroxyl groups excluding tert-OH is 1. The first-order valence-corrected chi connectivity index (χ1v) is 11.4. The Morgan fingerprint density at radius 2 is 2.03 bits per heavy atom. The molecular weight excluding hydrogens is 438 g/mol. The Balaban J connectivity index is 1.92. The predicted octanol–water partition coefficient (Wildman–Crippen LogP) is 2.74. The van der Waals surface area contributed by atoms with Crippen LogP contribution in [0.25, 0.3) is 0 Å². The van der Waals surface area contributed by atoms with Gasteiger partial charge in [0.2, 0.25) is 0 Å². The maximum atomic E-state index is 13.4. The topological polar surface area (TPSA) is 111 Å². The number of likely N-dealkylation sites (N-methyl/N-ethyl adjacent to an activating group) is 1. The normalized spacial score (nSPS) is 18.9. The van der Waals surface area contributed by atoms with Gasteiger partial charge in [-0.2, -0.15) is 0 Å². The van der Waals surface area contributed by atoms with Gasteiger partial charge in [0, 0.05) is 33.6 Å². The average Bonchev–Trinajstić information content (AvgIpc) is 3.12. The van der Waals surface area contributed by atoms with Crippen molar-refractivity contribution in [1.82, 2.24) is 15.0 Å². The summed E-state index contributed by atoms with van der Waals surface area (Å²) in [7, 11) is 5.47. The Labute approximate surface area is 200 Å². The van der Waals surface area contributed by atoms with E-state index in [1.807, 2.05) is 45.0 Å². The average molecular weight is 474 g/mol. The number of aromatic nitrogens is 1. The number of hydrogen-bond donors (Lipinski definition) is 2. The minimum Gasteiger partial charge on any atom is -0.485 e. The zero-order valence-corrected chi connectivity index (χ0v) is 21.0. The number of para-hydroxylation sites is 1. The molecule has 1 aromatic carbocycles. The molecule has 3 atom stereocenters. The van der Waals surface area contributed by atoms with Gasteiger partial charge in [-0.15, -0.1) is 0 Å². The highest BCUT2D eigenvalue weighted by Crippen LogP contribution is 2.36. The number of aliphatic hydroxyl groups is 1. The van der Waals surface area contributed by atoms with E-state index in [-0.39, 0.29) is 37.0 Å². The molecule has 0 spiro atoms. The lowest BCUT2D eigenvalue weighted by Gasteiger charge is -2.39. The lowest BCUT2D eigenvalue weighted by Crippen LogP contribution is -2.50. The van der Waals surface area contributed by atoms with Crippen LogP contribution in [0.3, 0.4) is 0 Å². The van der Waals surface area contributed by atoms with Gasteiger partial charge in [0.1, 0.15) is 17.5 Å². The molecule has 0 saturated carbocycles. The van der Waals surface area contributed by atoms with Gasteiger partial charge in [-0.25, -0.2) is 4.79 Å². The molecule has 34 heavy (non-hydrogen) atoms. The van der Waals surface area contributed by atoms with Gasteiger partial charge in [-0.05, 0) is 32.9 Å². The van der Waals surface area contributed by atoms with E-state index in [0.29, 0.717) is 35.0 Å². The maximum Gasteiger partial charge on any atom is 0.321 e. The summed E-state index contributed by atoms with van der Waals surface area (Å²) in [4.78, 5) is 31.5. The van der Waals surface area contributed by atoms with Gasteiger partial charge in [0.05, 0.1) is 30.4 Å². The molecule has 3 rings (SSSR count). The molecule has 0 radical (unpaired) electrons. The number of hydrogen-bond acceptors (Lipinski definition) is 7. The molecule has 10 heteroatoms. The summed E-state index contributed by atoms with van der Waals surface area (Å²) in [6.07, 6.45) is -0.401. The van der Waals surface area contributed by atoms with Crippen molar-refractivity contribution in [2.75, 3.05) is 51.1 Å². The van der Waals surface area contributed by atoms with Gasteiger partial charge in [0.25, 0.3) is 5.91 Å². The van der Waals surface area contributed by atoms with Gasteiger partial charge in [-0.3, -0.25) is 4.79 Å². The third-order valence-corrected chi connectivity index (χ3v) is 6.22. The number of carbonyl (C=O) groups is 2. The first-order valence-electron chi connectivity index (χ1n) is 11.4. The first kappa shape index (κ1) is 25.4. The molecule has 2 N–H and O–H groups in total. The molecule has 10 nitrogen and oxygen atoms in total. The zero-order valence-electron chi connectivity index (χ0n) is 21.0. The number of benzene rings is 1. The molecule has 1 aliphatic rings. The number of anilines is 2. The van der Waals surface area contributed by atoms with Crippen molar-refractivity contribution in [3.05, 3.63) is 35.2 Å². The van der Waals surface area contributed by atoms with Gasteiger partial charge >= 0.3 is 6.03 Å². The molecule has 0 unspecified atom stereocenters. The van der Waals surface area contributed by atoms with Crippen molar-refractivity contribution in [1.29, 1.82) is 0 Å². The number of rotatable bonds is 6. The maximum absolute atomic E-state index is 13.4. The minimum atomic E-state index is -0.401. The Hall–Kier alpha value is -3.27. The summed E-state index contributed by atoms with van der Waals surface area (Å²) >= 11 is 0. The number of ether oxygens (including phenoxy) is 1. The Morgan fingerprint density at radius 3 is 2.62 bits per heavy atom. The molecule has 0 fully saturated rings. The molecule has 0 saturated heterocycles. The first-order chi connectivity index (χ1) is 16.0. The van der Waals surface area contributed by atoms with Crippen LogP contribution in [0.15, 0.2) is 22.7 Å². The summed E-state index contributed by atoms with van der Waals surface area (Å²) in [6.45, 7) is 7.83. The van der Waals surface area contributed by atoms with Crippen molar-refractivity contribution in [3.63, 3.8) is 0 Å². The molecule has 186 valence electrons. The standard InChI is InChI=1S/C24H35N5O5/c1-14-11-29(15(2)13-30)23(31)18-9-8-10-19(27(5)6)22(18)33-20(14)12-28(7)24(32)25-21-16(3)26-34-17(21)4/h8-10,14-15,20,30H,11-13H2,1-7H3,(H,25,32)/t14-,15-,20+/m1/s1. The van der Waals surface area contributed by atoms with Crippen LogP contribution in [0, 0.1) is 19.8 Å². The Kier molecular flexibility index (Phi) is 7.71. The smallest absolute Gasteiger partial charge is 0.321 e. The third kappa shape index (κ3) is 5.11. The molecule has 1 aromatic heterocycles. The fourth-order valence-corrected chi connectivity index (χ4v) is 4.01. The number of fused-ring (bicyclic) bond motifs is 1. The van der Waals surface area contributed by atoms with Gasteiger partial charge < -0.3 is 34.4 Å². The van der Waals surface area contributed by atoms with Gasteiger partial charge in [0.15, 0.2) is 11.5 Å². The van der Waals surface area contributed by atoms with E-state index < -0.39 is 6.10 Å². The van der Waals surface area contributed by atoms with Crippen molar-refractivity contribution < 1.29 is 24.0 Å². The van der Waals surface area contributed by atoms with E-state index in [1.54, 1.807) is 36.8 Å². The van der Waals surface area contributed by atoms with Crippen LogP contribution in [-0.4, -0.2) is 85.0 Å². The number of carbonyl (C=O) groups excluding carboxylic acids is 2. The number of urea groups is 1. The number of amides is 3.